The highest BCUT2D eigenvalue weighted by Crippen LogP contribution is 2.20. The number of rotatable bonds is 4. The summed E-state index contributed by atoms with van der Waals surface area (Å²) in [4.78, 5) is 0. The first kappa shape index (κ1) is 12.2. The summed E-state index contributed by atoms with van der Waals surface area (Å²) in [5, 5.41) is 4.62. The molecule has 0 amide bonds. The van der Waals surface area contributed by atoms with E-state index >= 15 is 0 Å². The molecule has 17 heavy (non-hydrogen) atoms. The number of nitrogens with zero attached hydrogens (tertiary/aromatic N) is 2. The smallest absolute Gasteiger partial charge is 0.0926 e. The van der Waals surface area contributed by atoms with Gasteiger partial charge < -0.3 is 0 Å². The Morgan fingerprint density at radius 2 is 1.94 bits per heavy atom. The minimum Gasteiger partial charge on any atom is -0.267 e. The van der Waals surface area contributed by atoms with Crippen LogP contribution in [-0.2, 0) is 12.4 Å². The van der Waals surface area contributed by atoms with Gasteiger partial charge in [0.05, 0.1) is 17.3 Å². The molecule has 0 aliphatic heterocycles. The Morgan fingerprint density at radius 1 is 1.24 bits per heavy atom. The first-order valence-electron chi connectivity index (χ1n) is 5.89. The van der Waals surface area contributed by atoms with Crippen LogP contribution < -0.4 is 0 Å². The van der Waals surface area contributed by atoms with E-state index in [1.54, 1.807) is 0 Å². The summed E-state index contributed by atoms with van der Waals surface area (Å²) in [6.07, 6.45) is 0. The highest BCUT2D eigenvalue weighted by atomic mass is 35.5. The van der Waals surface area contributed by atoms with Gasteiger partial charge in [-0.3, -0.25) is 4.68 Å². The average molecular weight is 249 g/mol. The zero-order valence-electron chi connectivity index (χ0n) is 10.2. The number of halogens is 1. The highest BCUT2D eigenvalue weighted by Gasteiger charge is 2.09. The molecule has 3 heteroatoms. The lowest BCUT2D eigenvalue weighted by atomic mass is 10.1. The lowest BCUT2D eigenvalue weighted by Crippen LogP contribution is -2.08. The Kier molecular flexibility index (Phi) is 3.85. The molecule has 0 aliphatic carbocycles. The maximum absolute atomic E-state index is 5.96. The molecule has 0 fully saturated rings. The average Bonchev–Trinajstić information content (AvgIpc) is 2.72. The second-order valence-corrected chi connectivity index (χ2v) is 4.86. The molecule has 0 radical (unpaired) electrons. The Balaban J connectivity index is 2.34. The van der Waals surface area contributed by atoms with Gasteiger partial charge in [-0.25, -0.2) is 0 Å². The minimum absolute atomic E-state index is 0.507. The topological polar surface area (TPSA) is 17.8 Å². The van der Waals surface area contributed by atoms with E-state index in [4.69, 9.17) is 11.6 Å². The zero-order valence-corrected chi connectivity index (χ0v) is 11.0. The molecule has 0 atom stereocenters. The summed E-state index contributed by atoms with van der Waals surface area (Å²) in [6.45, 7) is 5.28. The quantitative estimate of drug-likeness (QED) is 0.750. The van der Waals surface area contributed by atoms with Crippen molar-refractivity contribution in [1.82, 2.24) is 9.78 Å². The fourth-order valence-corrected chi connectivity index (χ4v) is 2.03. The van der Waals surface area contributed by atoms with Crippen LogP contribution in [0.25, 0.3) is 11.3 Å². The number of alkyl halides is 1. The van der Waals surface area contributed by atoms with Crippen molar-refractivity contribution in [1.29, 1.82) is 0 Å². The SMILES string of the molecule is CC(C)Cn1nc(-c2ccccc2)cc1CCl. The maximum atomic E-state index is 5.96. The second kappa shape index (κ2) is 5.37. The van der Waals surface area contributed by atoms with Crippen LogP contribution in [0.3, 0.4) is 0 Å². The van der Waals surface area contributed by atoms with Crippen molar-refractivity contribution in [2.75, 3.05) is 0 Å². The van der Waals surface area contributed by atoms with Gasteiger partial charge in [0, 0.05) is 12.1 Å². The van der Waals surface area contributed by atoms with E-state index in [1.165, 1.54) is 0 Å². The maximum Gasteiger partial charge on any atom is 0.0926 e. The van der Waals surface area contributed by atoms with E-state index in [0.717, 1.165) is 23.5 Å². The van der Waals surface area contributed by atoms with Gasteiger partial charge in [0.2, 0.25) is 0 Å². The Morgan fingerprint density at radius 3 is 2.53 bits per heavy atom. The molecule has 0 spiro atoms. The molecular formula is C14H17ClN2. The predicted octanol–water partition coefficient (Wildman–Crippen LogP) is 3.94. The van der Waals surface area contributed by atoms with Gasteiger partial charge in [-0.05, 0) is 12.0 Å². The van der Waals surface area contributed by atoms with Crippen LogP contribution in [0.15, 0.2) is 36.4 Å². The molecule has 0 saturated heterocycles. The normalized spacial score (nSPS) is 11.1. The number of aromatic nitrogens is 2. The number of hydrogen-bond acceptors (Lipinski definition) is 1. The summed E-state index contributed by atoms with van der Waals surface area (Å²) in [7, 11) is 0. The van der Waals surface area contributed by atoms with Gasteiger partial charge in [0.1, 0.15) is 0 Å². The van der Waals surface area contributed by atoms with E-state index in [1.807, 2.05) is 22.9 Å². The van der Waals surface area contributed by atoms with E-state index in [2.05, 4.69) is 37.1 Å². The summed E-state index contributed by atoms with van der Waals surface area (Å²) in [6, 6.07) is 12.3. The predicted molar refractivity (Wildman–Crippen MR) is 72.1 cm³/mol. The highest BCUT2D eigenvalue weighted by molar-refractivity contribution is 6.16. The fraction of sp³-hybridized carbons (Fsp3) is 0.357. The lowest BCUT2D eigenvalue weighted by Gasteiger charge is -2.07. The molecule has 2 aromatic rings. The minimum atomic E-state index is 0.507. The van der Waals surface area contributed by atoms with E-state index in [9.17, 15) is 0 Å². The van der Waals surface area contributed by atoms with Crippen LogP contribution in [-0.4, -0.2) is 9.78 Å². The monoisotopic (exact) mass is 248 g/mol. The van der Waals surface area contributed by atoms with Gasteiger partial charge in [-0.1, -0.05) is 44.2 Å². The van der Waals surface area contributed by atoms with Crippen molar-refractivity contribution < 1.29 is 0 Å². The molecule has 2 nitrogen and oxygen atoms in total. The summed E-state index contributed by atoms with van der Waals surface area (Å²) < 4.78 is 2.01. The van der Waals surface area contributed by atoms with Gasteiger partial charge in [0.25, 0.3) is 0 Å². The van der Waals surface area contributed by atoms with Crippen LogP contribution >= 0.6 is 11.6 Å². The van der Waals surface area contributed by atoms with Crippen molar-refractivity contribution in [2.45, 2.75) is 26.3 Å². The number of hydrogen-bond donors (Lipinski definition) is 0. The molecule has 0 aliphatic rings. The third-order valence-electron chi connectivity index (χ3n) is 2.61. The van der Waals surface area contributed by atoms with E-state index < -0.39 is 0 Å². The molecule has 1 aromatic heterocycles. The molecule has 0 unspecified atom stereocenters. The molecule has 0 N–H and O–H groups in total. The third-order valence-corrected chi connectivity index (χ3v) is 2.88. The molecule has 0 saturated carbocycles. The molecule has 2 rings (SSSR count). The van der Waals surface area contributed by atoms with Crippen LogP contribution in [0.1, 0.15) is 19.5 Å². The largest absolute Gasteiger partial charge is 0.267 e. The molecule has 1 heterocycles. The molecule has 1 aromatic carbocycles. The fourth-order valence-electron chi connectivity index (χ4n) is 1.82. The Bertz CT molecular complexity index is 474. The van der Waals surface area contributed by atoms with Gasteiger partial charge >= 0.3 is 0 Å². The summed E-state index contributed by atoms with van der Waals surface area (Å²) in [5.41, 5.74) is 3.22. The summed E-state index contributed by atoms with van der Waals surface area (Å²) in [5.74, 6) is 1.08. The van der Waals surface area contributed by atoms with Crippen molar-refractivity contribution >= 4 is 11.6 Å². The molecule has 0 bridgehead atoms. The van der Waals surface area contributed by atoms with Gasteiger partial charge in [0.15, 0.2) is 0 Å². The van der Waals surface area contributed by atoms with Crippen LogP contribution in [0, 0.1) is 5.92 Å². The van der Waals surface area contributed by atoms with Gasteiger partial charge in [-0.15, -0.1) is 11.6 Å². The third kappa shape index (κ3) is 2.89. The molecular weight excluding hydrogens is 232 g/mol. The summed E-state index contributed by atoms with van der Waals surface area (Å²) >= 11 is 5.96. The van der Waals surface area contributed by atoms with Crippen LogP contribution in [0.2, 0.25) is 0 Å². The first-order valence-corrected chi connectivity index (χ1v) is 6.42. The lowest BCUT2D eigenvalue weighted by molar-refractivity contribution is 0.474. The standard InChI is InChI=1S/C14H17ClN2/c1-11(2)10-17-13(9-15)8-14(16-17)12-6-4-3-5-7-12/h3-8,11H,9-10H2,1-2H3. The van der Waals surface area contributed by atoms with Crippen LogP contribution in [0.5, 0.6) is 0 Å². The van der Waals surface area contributed by atoms with E-state index in [-0.39, 0.29) is 0 Å². The van der Waals surface area contributed by atoms with Crippen molar-refractivity contribution in [3.63, 3.8) is 0 Å². The van der Waals surface area contributed by atoms with Crippen molar-refractivity contribution in [3.05, 3.63) is 42.1 Å². The molecule has 90 valence electrons. The Hall–Kier alpha value is -1.28. The second-order valence-electron chi connectivity index (χ2n) is 4.60. The first-order chi connectivity index (χ1) is 8.20. The van der Waals surface area contributed by atoms with Crippen molar-refractivity contribution in [3.8, 4) is 11.3 Å². The Labute approximate surface area is 107 Å². The van der Waals surface area contributed by atoms with E-state index in [0.29, 0.717) is 11.8 Å². The van der Waals surface area contributed by atoms with Crippen molar-refractivity contribution in [2.24, 2.45) is 5.92 Å². The van der Waals surface area contributed by atoms with Gasteiger partial charge in [-0.2, -0.15) is 5.10 Å². The number of benzene rings is 1. The zero-order chi connectivity index (χ0) is 12.3. The van der Waals surface area contributed by atoms with Crippen LogP contribution in [0.4, 0.5) is 0 Å².